The molecule has 1 fully saturated rings. The van der Waals surface area contributed by atoms with Crippen LogP contribution in [-0.4, -0.2) is 47.6 Å². The van der Waals surface area contributed by atoms with Gasteiger partial charge >= 0.3 is 6.18 Å². The second-order valence-corrected chi connectivity index (χ2v) is 6.08. The Hall–Kier alpha value is -2.55. The zero-order valence-electron chi connectivity index (χ0n) is 14.4. The van der Waals surface area contributed by atoms with Crippen LogP contribution >= 0.6 is 0 Å². The third-order valence-corrected chi connectivity index (χ3v) is 4.43. The summed E-state index contributed by atoms with van der Waals surface area (Å²) in [6.45, 7) is 6.52. The van der Waals surface area contributed by atoms with Gasteiger partial charge in [0.1, 0.15) is 12.0 Å². The number of benzene rings is 1. The molecule has 0 aliphatic carbocycles. The molecule has 1 aromatic carbocycles. The Morgan fingerprint density at radius 2 is 1.88 bits per heavy atom. The molecule has 1 saturated heterocycles. The Labute approximate surface area is 149 Å². The van der Waals surface area contributed by atoms with Crippen molar-refractivity contribution in [1.82, 2.24) is 14.9 Å². The number of aromatic nitrogens is 2. The largest absolute Gasteiger partial charge is 0.416 e. The summed E-state index contributed by atoms with van der Waals surface area (Å²) in [5.74, 6) is 0.900. The summed E-state index contributed by atoms with van der Waals surface area (Å²) in [6, 6.07) is 4.93. The standard InChI is InChI=1S/C17H21F3N6/c1-2-25-6-8-26(9-7-25)16-14(21)15(22-11-23-16)24-13-5-3-4-12(10-13)17(18,19)20/h3-5,10-11H,2,6-9,21H2,1H3,(H,22,23,24). The highest BCUT2D eigenvalue weighted by Crippen LogP contribution is 2.33. The second-order valence-electron chi connectivity index (χ2n) is 6.08. The van der Waals surface area contributed by atoms with Crippen molar-refractivity contribution in [1.29, 1.82) is 0 Å². The van der Waals surface area contributed by atoms with Crippen LogP contribution in [0, 0.1) is 0 Å². The number of likely N-dealkylation sites (N-methyl/N-ethyl adjacent to an activating group) is 1. The molecular formula is C17H21F3N6. The molecule has 0 bridgehead atoms. The van der Waals surface area contributed by atoms with Crippen molar-refractivity contribution >= 4 is 23.0 Å². The van der Waals surface area contributed by atoms with Crippen molar-refractivity contribution in [3.63, 3.8) is 0 Å². The zero-order valence-corrected chi connectivity index (χ0v) is 14.4. The van der Waals surface area contributed by atoms with Gasteiger partial charge in [-0.1, -0.05) is 13.0 Å². The van der Waals surface area contributed by atoms with Gasteiger partial charge in [-0.25, -0.2) is 9.97 Å². The lowest BCUT2D eigenvalue weighted by Gasteiger charge is -2.35. The van der Waals surface area contributed by atoms with E-state index >= 15 is 0 Å². The Morgan fingerprint density at radius 1 is 1.15 bits per heavy atom. The van der Waals surface area contributed by atoms with Crippen LogP contribution in [0.25, 0.3) is 0 Å². The maximum atomic E-state index is 12.9. The number of hydrogen-bond donors (Lipinski definition) is 2. The summed E-state index contributed by atoms with van der Waals surface area (Å²) in [6.07, 6.45) is -3.03. The molecule has 2 aromatic rings. The van der Waals surface area contributed by atoms with Crippen LogP contribution in [0.2, 0.25) is 0 Å². The minimum absolute atomic E-state index is 0.270. The van der Waals surface area contributed by atoms with Crippen molar-refractivity contribution in [2.45, 2.75) is 13.1 Å². The molecule has 9 heteroatoms. The molecule has 0 saturated carbocycles. The number of nitrogens with one attached hydrogen (secondary N) is 1. The van der Waals surface area contributed by atoms with Crippen molar-refractivity contribution in [2.75, 3.05) is 48.7 Å². The molecule has 2 heterocycles. The summed E-state index contributed by atoms with van der Waals surface area (Å²) in [5, 5.41) is 2.87. The second kappa shape index (κ2) is 7.36. The van der Waals surface area contributed by atoms with Crippen LogP contribution in [0.1, 0.15) is 12.5 Å². The third-order valence-electron chi connectivity index (χ3n) is 4.43. The number of rotatable bonds is 4. The van der Waals surface area contributed by atoms with Gasteiger partial charge in [0, 0.05) is 31.9 Å². The predicted molar refractivity (Wildman–Crippen MR) is 95.5 cm³/mol. The molecule has 1 aliphatic heterocycles. The van der Waals surface area contributed by atoms with Crippen LogP contribution in [0.15, 0.2) is 30.6 Å². The van der Waals surface area contributed by atoms with Crippen molar-refractivity contribution in [2.24, 2.45) is 0 Å². The van der Waals surface area contributed by atoms with Gasteiger partial charge < -0.3 is 20.9 Å². The lowest BCUT2D eigenvalue weighted by Crippen LogP contribution is -2.46. The highest BCUT2D eigenvalue weighted by molar-refractivity contribution is 5.78. The molecule has 3 rings (SSSR count). The van der Waals surface area contributed by atoms with E-state index in [1.807, 2.05) is 0 Å². The predicted octanol–water partition coefficient (Wildman–Crippen LogP) is 2.96. The van der Waals surface area contributed by atoms with Gasteiger partial charge in [-0.05, 0) is 24.7 Å². The Kier molecular flexibility index (Phi) is 5.17. The summed E-state index contributed by atoms with van der Waals surface area (Å²) < 4.78 is 38.6. The van der Waals surface area contributed by atoms with E-state index < -0.39 is 11.7 Å². The highest BCUT2D eigenvalue weighted by Gasteiger charge is 2.30. The fourth-order valence-electron chi connectivity index (χ4n) is 2.92. The number of nitrogens with zero attached hydrogens (tertiary/aromatic N) is 4. The normalized spacial score (nSPS) is 15.9. The van der Waals surface area contributed by atoms with Gasteiger partial charge in [-0.2, -0.15) is 13.2 Å². The van der Waals surface area contributed by atoms with Crippen LogP contribution < -0.4 is 16.0 Å². The van der Waals surface area contributed by atoms with Crippen LogP contribution in [0.4, 0.5) is 36.2 Å². The molecule has 26 heavy (non-hydrogen) atoms. The lowest BCUT2D eigenvalue weighted by molar-refractivity contribution is -0.137. The molecule has 0 radical (unpaired) electrons. The first-order valence-corrected chi connectivity index (χ1v) is 8.40. The number of nitrogens with two attached hydrogens (primary N) is 1. The monoisotopic (exact) mass is 366 g/mol. The Morgan fingerprint density at radius 3 is 2.54 bits per heavy atom. The fourth-order valence-corrected chi connectivity index (χ4v) is 2.92. The lowest BCUT2D eigenvalue weighted by atomic mass is 10.2. The van der Waals surface area contributed by atoms with E-state index in [9.17, 15) is 13.2 Å². The topological polar surface area (TPSA) is 70.3 Å². The minimum atomic E-state index is -4.40. The number of anilines is 4. The van der Waals surface area contributed by atoms with Gasteiger partial charge in [-0.15, -0.1) is 0 Å². The molecule has 1 aromatic heterocycles. The average Bonchev–Trinajstić information content (AvgIpc) is 2.63. The van der Waals surface area contributed by atoms with E-state index in [-0.39, 0.29) is 5.69 Å². The van der Waals surface area contributed by atoms with Gasteiger partial charge in [-0.3, -0.25) is 0 Å². The van der Waals surface area contributed by atoms with Gasteiger partial charge in [0.05, 0.1) is 5.56 Å². The number of piperazine rings is 1. The first kappa shape index (κ1) is 18.2. The molecule has 0 atom stereocenters. The van der Waals surface area contributed by atoms with Crippen LogP contribution in [-0.2, 0) is 6.18 Å². The van der Waals surface area contributed by atoms with E-state index in [0.29, 0.717) is 17.3 Å². The van der Waals surface area contributed by atoms with E-state index in [1.165, 1.54) is 18.5 Å². The molecule has 0 spiro atoms. The summed E-state index contributed by atoms with van der Waals surface area (Å²) in [5.41, 5.74) is 6.06. The van der Waals surface area contributed by atoms with Gasteiger partial charge in [0.15, 0.2) is 11.6 Å². The smallest absolute Gasteiger partial charge is 0.393 e. The summed E-state index contributed by atoms with van der Waals surface area (Å²) in [7, 11) is 0. The number of hydrogen-bond acceptors (Lipinski definition) is 6. The van der Waals surface area contributed by atoms with E-state index in [4.69, 9.17) is 5.73 Å². The van der Waals surface area contributed by atoms with Crippen molar-refractivity contribution in [3.05, 3.63) is 36.2 Å². The van der Waals surface area contributed by atoms with Crippen molar-refractivity contribution < 1.29 is 13.2 Å². The Balaban J connectivity index is 1.80. The quantitative estimate of drug-likeness (QED) is 0.867. The van der Waals surface area contributed by atoms with E-state index in [2.05, 4.69) is 32.0 Å². The van der Waals surface area contributed by atoms with Crippen molar-refractivity contribution in [3.8, 4) is 0 Å². The zero-order chi connectivity index (χ0) is 18.7. The molecule has 1 aliphatic rings. The molecular weight excluding hydrogens is 345 g/mol. The number of nitrogen functional groups attached to an aromatic ring is 1. The maximum Gasteiger partial charge on any atom is 0.416 e. The SMILES string of the molecule is CCN1CCN(c2ncnc(Nc3cccc(C(F)(F)F)c3)c2N)CC1. The van der Waals surface area contributed by atoms with Gasteiger partial charge in [0.25, 0.3) is 0 Å². The Bertz CT molecular complexity index is 756. The van der Waals surface area contributed by atoms with Crippen LogP contribution in [0.3, 0.4) is 0 Å². The highest BCUT2D eigenvalue weighted by atomic mass is 19.4. The first-order valence-electron chi connectivity index (χ1n) is 8.40. The molecule has 0 amide bonds. The summed E-state index contributed by atoms with van der Waals surface area (Å²) in [4.78, 5) is 12.7. The third kappa shape index (κ3) is 3.98. The number of halogens is 3. The van der Waals surface area contributed by atoms with Crippen LogP contribution in [0.5, 0.6) is 0 Å². The average molecular weight is 366 g/mol. The summed E-state index contributed by atoms with van der Waals surface area (Å²) >= 11 is 0. The fraction of sp³-hybridized carbons (Fsp3) is 0.412. The molecule has 3 N–H and O–H groups in total. The van der Waals surface area contributed by atoms with E-state index in [0.717, 1.165) is 44.9 Å². The van der Waals surface area contributed by atoms with E-state index in [1.54, 1.807) is 0 Å². The molecule has 140 valence electrons. The minimum Gasteiger partial charge on any atom is -0.393 e. The van der Waals surface area contributed by atoms with Gasteiger partial charge in [0.2, 0.25) is 0 Å². The first-order chi connectivity index (χ1) is 12.4. The maximum absolute atomic E-state index is 12.9. The molecule has 0 unspecified atom stereocenters. The number of alkyl halides is 3. The molecule has 6 nitrogen and oxygen atoms in total.